The molecule has 0 aliphatic rings. The summed E-state index contributed by atoms with van der Waals surface area (Å²) in [5.74, 6) is -0.590. The molecule has 3 rings (SSSR count). The zero-order chi connectivity index (χ0) is 15.0. The van der Waals surface area contributed by atoms with E-state index >= 15 is 0 Å². The zero-order valence-corrected chi connectivity index (χ0v) is 13.2. The number of rotatable bonds is 3. The molecule has 0 unspecified atom stereocenters. The molecule has 0 saturated carbocycles. The van der Waals surface area contributed by atoms with Gasteiger partial charge in [-0.15, -0.1) is 0 Å². The summed E-state index contributed by atoms with van der Waals surface area (Å²) >= 11 is 4.39. The van der Waals surface area contributed by atoms with Gasteiger partial charge in [0.15, 0.2) is 5.13 Å². The minimum atomic E-state index is -0.674. The van der Waals surface area contributed by atoms with Gasteiger partial charge in [-0.2, -0.15) is 0 Å². The summed E-state index contributed by atoms with van der Waals surface area (Å²) in [6.45, 7) is 0. The van der Waals surface area contributed by atoms with Gasteiger partial charge >= 0.3 is 0 Å². The zero-order valence-electron chi connectivity index (χ0n) is 10.8. The van der Waals surface area contributed by atoms with E-state index in [9.17, 15) is 8.78 Å². The molecule has 21 heavy (non-hydrogen) atoms. The molecule has 0 atom stereocenters. The standard InChI is InChI=1S/C14H9BrF2N2OS/c1-20-7-2-3-11-13(4-7)21-14(18-11)19-12-5-8(15)9(16)6-10(12)17/h2-6H,1H3,(H,18,19). The first-order valence-electron chi connectivity index (χ1n) is 5.93. The highest BCUT2D eigenvalue weighted by atomic mass is 79.9. The second-order valence-electron chi connectivity index (χ2n) is 4.22. The average Bonchev–Trinajstić information content (AvgIpc) is 2.85. The lowest BCUT2D eigenvalue weighted by Crippen LogP contribution is -1.94. The Hall–Kier alpha value is -1.73. The van der Waals surface area contributed by atoms with Gasteiger partial charge in [0.1, 0.15) is 17.4 Å². The van der Waals surface area contributed by atoms with Crippen molar-refractivity contribution in [2.24, 2.45) is 0 Å². The summed E-state index contributed by atoms with van der Waals surface area (Å²) in [6.07, 6.45) is 0. The lowest BCUT2D eigenvalue weighted by molar-refractivity contribution is 0.415. The molecule has 108 valence electrons. The Labute approximate surface area is 131 Å². The number of nitrogens with zero attached hydrogens (tertiary/aromatic N) is 1. The molecule has 3 nitrogen and oxygen atoms in total. The lowest BCUT2D eigenvalue weighted by Gasteiger charge is -2.05. The van der Waals surface area contributed by atoms with Crippen LogP contribution in [0.4, 0.5) is 19.6 Å². The second-order valence-corrected chi connectivity index (χ2v) is 6.11. The summed E-state index contributed by atoms with van der Waals surface area (Å²) in [4.78, 5) is 4.35. The van der Waals surface area contributed by atoms with E-state index < -0.39 is 11.6 Å². The van der Waals surface area contributed by atoms with E-state index in [1.165, 1.54) is 17.4 Å². The molecule has 0 fully saturated rings. The van der Waals surface area contributed by atoms with Crippen LogP contribution in [-0.4, -0.2) is 12.1 Å². The number of benzene rings is 2. The van der Waals surface area contributed by atoms with E-state index in [1.54, 1.807) is 13.2 Å². The number of methoxy groups -OCH3 is 1. The van der Waals surface area contributed by atoms with Crippen LogP contribution < -0.4 is 10.1 Å². The summed E-state index contributed by atoms with van der Waals surface area (Å²) < 4.78 is 33.2. The van der Waals surface area contributed by atoms with Gasteiger partial charge in [-0.1, -0.05) is 11.3 Å². The summed E-state index contributed by atoms with van der Waals surface area (Å²) in [5.41, 5.74) is 0.944. The number of ether oxygens (including phenoxy) is 1. The van der Waals surface area contributed by atoms with Gasteiger partial charge in [0.25, 0.3) is 0 Å². The van der Waals surface area contributed by atoms with Crippen LogP contribution in [0, 0.1) is 11.6 Å². The van der Waals surface area contributed by atoms with Gasteiger partial charge in [0.2, 0.25) is 0 Å². The van der Waals surface area contributed by atoms with Crippen LogP contribution in [0.2, 0.25) is 0 Å². The van der Waals surface area contributed by atoms with Gasteiger partial charge < -0.3 is 10.1 Å². The van der Waals surface area contributed by atoms with Crippen LogP contribution in [0.1, 0.15) is 0 Å². The Bertz CT molecular complexity index is 822. The molecule has 1 N–H and O–H groups in total. The second kappa shape index (κ2) is 5.57. The van der Waals surface area contributed by atoms with Gasteiger partial charge in [-0.05, 0) is 40.2 Å². The van der Waals surface area contributed by atoms with Crippen molar-refractivity contribution < 1.29 is 13.5 Å². The molecule has 0 spiro atoms. The molecule has 0 bridgehead atoms. The van der Waals surface area contributed by atoms with Crippen molar-refractivity contribution in [3.63, 3.8) is 0 Å². The van der Waals surface area contributed by atoms with Crippen LogP contribution in [0.5, 0.6) is 5.75 Å². The largest absolute Gasteiger partial charge is 0.497 e. The average molecular weight is 371 g/mol. The number of hydrogen-bond acceptors (Lipinski definition) is 4. The van der Waals surface area contributed by atoms with Crippen LogP contribution in [0.15, 0.2) is 34.8 Å². The number of hydrogen-bond donors (Lipinski definition) is 1. The Balaban J connectivity index is 1.96. The van der Waals surface area contributed by atoms with E-state index in [-0.39, 0.29) is 10.2 Å². The molecule has 1 heterocycles. The third-order valence-corrected chi connectivity index (χ3v) is 4.39. The number of aromatic nitrogens is 1. The molecule has 0 radical (unpaired) electrons. The van der Waals surface area contributed by atoms with E-state index in [4.69, 9.17) is 4.74 Å². The number of anilines is 2. The van der Waals surface area contributed by atoms with E-state index in [0.717, 1.165) is 22.0 Å². The summed E-state index contributed by atoms with van der Waals surface area (Å²) in [6, 6.07) is 7.66. The highest BCUT2D eigenvalue weighted by Gasteiger charge is 2.11. The van der Waals surface area contributed by atoms with Crippen molar-refractivity contribution >= 4 is 48.3 Å². The maximum absolute atomic E-state index is 13.7. The topological polar surface area (TPSA) is 34.1 Å². The van der Waals surface area contributed by atoms with Gasteiger partial charge in [0.05, 0.1) is 27.5 Å². The molecule has 0 saturated heterocycles. The van der Waals surface area contributed by atoms with Crippen molar-refractivity contribution in [2.75, 3.05) is 12.4 Å². The minimum absolute atomic E-state index is 0.161. The van der Waals surface area contributed by atoms with Crippen molar-refractivity contribution in [3.05, 3.63) is 46.4 Å². The Morgan fingerprint density at radius 3 is 2.76 bits per heavy atom. The maximum atomic E-state index is 13.7. The number of fused-ring (bicyclic) bond motifs is 1. The first kappa shape index (κ1) is 14.2. The van der Waals surface area contributed by atoms with E-state index in [2.05, 4.69) is 26.2 Å². The molecular formula is C14H9BrF2N2OS. The van der Waals surface area contributed by atoms with Gasteiger partial charge in [-0.3, -0.25) is 0 Å². The summed E-state index contributed by atoms with van der Waals surface area (Å²) in [7, 11) is 1.59. The molecule has 0 amide bonds. The van der Waals surface area contributed by atoms with Crippen LogP contribution in [-0.2, 0) is 0 Å². The maximum Gasteiger partial charge on any atom is 0.188 e. The Kier molecular flexibility index (Phi) is 3.77. The normalized spacial score (nSPS) is 10.9. The monoisotopic (exact) mass is 370 g/mol. The molecule has 7 heteroatoms. The van der Waals surface area contributed by atoms with Crippen LogP contribution >= 0.6 is 27.3 Å². The third kappa shape index (κ3) is 2.84. The minimum Gasteiger partial charge on any atom is -0.497 e. The van der Waals surface area contributed by atoms with Crippen LogP contribution in [0.3, 0.4) is 0 Å². The molecule has 2 aromatic carbocycles. The molecule has 3 aromatic rings. The Morgan fingerprint density at radius 1 is 1.19 bits per heavy atom. The fraction of sp³-hybridized carbons (Fsp3) is 0.0714. The molecule has 0 aliphatic carbocycles. The highest BCUT2D eigenvalue weighted by molar-refractivity contribution is 9.10. The molecule has 0 aliphatic heterocycles. The van der Waals surface area contributed by atoms with Gasteiger partial charge in [-0.25, -0.2) is 13.8 Å². The Morgan fingerprint density at radius 2 is 2.00 bits per heavy atom. The van der Waals surface area contributed by atoms with E-state index in [0.29, 0.717) is 5.13 Å². The summed E-state index contributed by atoms with van der Waals surface area (Å²) in [5, 5.41) is 3.39. The van der Waals surface area contributed by atoms with Gasteiger partial charge in [0, 0.05) is 6.07 Å². The van der Waals surface area contributed by atoms with Crippen molar-refractivity contribution in [3.8, 4) is 5.75 Å². The van der Waals surface area contributed by atoms with Crippen molar-refractivity contribution in [1.29, 1.82) is 0 Å². The lowest BCUT2D eigenvalue weighted by atomic mass is 10.3. The molecule has 1 aromatic heterocycles. The van der Waals surface area contributed by atoms with Crippen molar-refractivity contribution in [2.45, 2.75) is 0 Å². The fourth-order valence-corrected chi connectivity index (χ4v) is 3.07. The SMILES string of the molecule is COc1ccc2nc(Nc3cc(Br)c(F)cc3F)sc2c1. The number of thiazole rings is 1. The predicted molar refractivity (Wildman–Crippen MR) is 83.5 cm³/mol. The van der Waals surface area contributed by atoms with Crippen molar-refractivity contribution in [1.82, 2.24) is 4.98 Å². The predicted octanol–water partition coefficient (Wildman–Crippen LogP) is 5.09. The highest BCUT2D eigenvalue weighted by Crippen LogP contribution is 2.32. The number of nitrogens with one attached hydrogen (secondary N) is 1. The number of halogens is 3. The van der Waals surface area contributed by atoms with E-state index in [1.807, 2.05) is 12.1 Å². The molecular weight excluding hydrogens is 362 g/mol. The first-order chi connectivity index (χ1) is 10.1. The van der Waals surface area contributed by atoms with Crippen LogP contribution in [0.25, 0.3) is 10.2 Å². The fourth-order valence-electron chi connectivity index (χ4n) is 1.82. The quantitative estimate of drug-likeness (QED) is 0.652. The first-order valence-corrected chi connectivity index (χ1v) is 7.54. The smallest absolute Gasteiger partial charge is 0.188 e. The third-order valence-electron chi connectivity index (χ3n) is 2.85.